The van der Waals surface area contributed by atoms with E-state index in [0.29, 0.717) is 0 Å². The predicted molar refractivity (Wildman–Crippen MR) is 47.9 cm³/mol. The zero-order chi connectivity index (χ0) is 10.8. The zero-order valence-corrected chi connectivity index (χ0v) is 7.78. The minimum absolute atomic E-state index is 0.0580. The third-order valence-corrected chi connectivity index (χ3v) is 2.37. The average Bonchev–Trinajstić information content (AvgIpc) is 2.15. The van der Waals surface area contributed by atoms with E-state index in [9.17, 15) is 13.2 Å². The highest BCUT2D eigenvalue weighted by atomic mass is 32.2. The molecule has 1 amide bonds. The first-order chi connectivity index (χ1) is 6.45. The first-order valence-electron chi connectivity index (χ1n) is 3.53. The van der Waals surface area contributed by atoms with Gasteiger partial charge >= 0.3 is 0 Å². The number of nitrogens with one attached hydrogen (secondary N) is 1. The minimum atomic E-state index is -4.29. The van der Waals surface area contributed by atoms with Crippen molar-refractivity contribution >= 4 is 16.0 Å². The molecule has 0 saturated carbocycles. The number of amides is 1. The third-order valence-electron chi connectivity index (χ3n) is 1.53. The van der Waals surface area contributed by atoms with E-state index < -0.39 is 16.0 Å². The lowest BCUT2D eigenvalue weighted by Crippen LogP contribution is -2.30. The number of benzene rings is 1. The summed E-state index contributed by atoms with van der Waals surface area (Å²) in [5.41, 5.74) is 1.90. The Balaban J connectivity index is 3.21. The molecule has 0 unspecified atom stereocenters. The van der Waals surface area contributed by atoms with E-state index in [2.05, 4.69) is 0 Å². The Morgan fingerprint density at radius 3 is 2.57 bits per heavy atom. The first kappa shape index (κ1) is 10.6. The third kappa shape index (κ3) is 2.28. The van der Waals surface area contributed by atoms with Crippen LogP contribution in [0.1, 0.15) is 10.4 Å². The van der Waals surface area contributed by atoms with Crippen molar-refractivity contribution in [3.63, 3.8) is 0 Å². The second-order valence-electron chi connectivity index (χ2n) is 2.48. The quantitative estimate of drug-likeness (QED) is 0.268. The molecular weight excluding hydrogens is 208 g/mol. The molecule has 1 aromatic carbocycles. The van der Waals surface area contributed by atoms with Crippen molar-refractivity contribution in [1.29, 1.82) is 0 Å². The molecule has 0 aliphatic heterocycles. The second kappa shape index (κ2) is 3.74. The Hall–Kier alpha value is -1.44. The number of hydrogen-bond acceptors (Lipinski definition) is 4. The van der Waals surface area contributed by atoms with Crippen LogP contribution in [0.4, 0.5) is 0 Å². The van der Waals surface area contributed by atoms with E-state index in [0.717, 1.165) is 6.07 Å². The molecule has 0 bridgehead atoms. The predicted octanol–water partition coefficient (Wildman–Crippen LogP) is -0.463. The molecule has 7 heteroatoms. The van der Waals surface area contributed by atoms with Crippen LogP contribution in [0, 0.1) is 0 Å². The van der Waals surface area contributed by atoms with Gasteiger partial charge in [-0.1, -0.05) is 6.07 Å². The summed E-state index contributed by atoms with van der Waals surface area (Å²) in [4.78, 5) is 10.6. The molecule has 0 heterocycles. The fourth-order valence-corrected chi connectivity index (χ4v) is 1.41. The molecule has 0 fully saturated rings. The van der Waals surface area contributed by atoms with E-state index in [4.69, 9.17) is 10.4 Å². The van der Waals surface area contributed by atoms with Gasteiger partial charge in [-0.3, -0.25) is 14.8 Å². The van der Waals surface area contributed by atoms with E-state index in [-0.39, 0.29) is 10.5 Å². The second-order valence-corrected chi connectivity index (χ2v) is 3.90. The summed E-state index contributed by atoms with van der Waals surface area (Å²) in [6.07, 6.45) is 0. The first-order valence-corrected chi connectivity index (χ1v) is 4.97. The Bertz CT molecular complexity index is 455. The molecule has 1 rings (SSSR count). The number of nitrogens with two attached hydrogens (primary N) is 1. The maximum Gasteiger partial charge on any atom is 0.294 e. The van der Waals surface area contributed by atoms with E-state index in [1.807, 2.05) is 5.43 Å². The van der Waals surface area contributed by atoms with Crippen LogP contribution >= 0.6 is 0 Å². The highest BCUT2D eigenvalue weighted by molar-refractivity contribution is 7.85. The largest absolute Gasteiger partial charge is 0.294 e. The zero-order valence-electron chi connectivity index (χ0n) is 6.97. The highest BCUT2D eigenvalue weighted by Crippen LogP contribution is 2.10. The monoisotopic (exact) mass is 216 g/mol. The molecule has 0 aliphatic rings. The van der Waals surface area contributed by atoms with Gasteiger partial charge in [0.05, 0.1) is 4.90 Å². The van der Waals surface area contributed by atoms with Crippen molar-refractivity contribution in [3.05, 3.63) is 29.8 Å². The smallest absolute Gasteiger partial charge is 0.290 e. The summed E-state index contributed by atoms with van der Waals surface area (Å²) in [5.74, 6) is 4.22. The van der Waals surface area contributed by atoms with Crippen LogP contribution in [-0.4, -0.2) is 18.9 Å². The van der Waals surface area contributed by atoms with Crippen LogP contribution in [0.15, 0.2) is 29.2 Å². The van der Waals surface area contributed by atoms with Crippen molar-refractivity contribution in [1.82, 2.24) is 5.43 Å². The van der Waals surface area contributed by atoms with Gasteiger partial charge in [0.25, 0.3) is 16.0 Å². The molecule has 0 aromatic heterocycles. The maximum absolute atomic E-state index is 11.0. The number of hydrogen-bond donors (Lipinski definition) is 3. The molecular formula is C7H8N2O4S. The summed E-state index contributed by atoms with van der Waals surface area (Å²) in [6, 6.07) is 4.89. The lowest BCUT2D eigenvalue weighted by atomic mass is 10.2. The van der Waals surface area contributed by atoms with Crippen molar-refractivity contribution < 1.29 is 17.8 Å². The standard InChI is InChI=1S/C7H8N2O4S/c8-9-7(10)5-2-1-3-6(4-5)14(11,12)13/h1-4H,8H2,(H,9,10)(H,11,12,13). The Kier molecular flexibility index (Phi) is 2.84. The van der Waals surface area contributed by atoms with Gasteiger partial charge in [-0.25, -0.2) is 5.84 Å². The molecule has 0 atom stereocenters. The van der Waals surface area contributed by atoms with Crippen LogP contribution in [0.25, 0.3) is 0 Å². The molecule has 6 nitrogen and oxygen atoms in total. The SMILES string of the molecule is NNC(=O)c1cccc(S(=O)(=O)O)c1. The maximum atomic E-state index is 11.0. The summed E-state index contributed by atoms with van der Waals surface area (Å²) in [6.45, 7) is 0. The van der Waals surface area contributed by atoms with Gasteiger partial charge in [0, 0.05) is 5.56 Å². The summed E-state index contributed by atoms with van der Waals surface area (Å²) >= 11 is 0. The van der Waals surface area contributed by atoms with Gasteiger partial charge in [0.15, 0.2) is 0 Å². The molecule has 0 radical (unpaired) electrons. The molecule has 0 spiro atoms. The number of rotatable bonds is 2. The summed E-state index contributed by atoms with van der Waals surface area (Å²) < 4.78 is 30.1. The average molecular weight is 216 g/mol. The van der Waals surface area contributed by atoms with Crippen molar-refractivity contribution in [3.8, 4) is 0 Å². The number of nitrogen functional groups attached to an aromatic ring is 1. The van der Waals surface area contributed by atoms with Crippen molar-refractivity contribution in [2.75, 3.05) is 0 Å². The fraction of sp³-hybridized carbons (Fsp3) is 0. The van der Waals surface area contributed by atoms with Crippen LogP contribution in [0.5, 0.6) is 0 Å². The summed E-state index contributed by atoms with van der Waals surface area (Å²) in [5, 5.41) is 0. The Morgan fingerprint density at radius 1 is 1.43 bits per heavy atom. The number of carbonyl (C=O) groups excluding carboxylic acids is 1. The molecule has 0 saturated heterocycles. The molecule has 1 aromatic rings. The van der Waals surface area contributed by atoms with Crippen molar-refractivity contribution in [2.45, 2.75) is 4.90 Å². The fourth-order valence-electron chi connectivity index (χ4n) is 0.881. The lowest BCUT2D eigenvalue weighted by Gasteiger charge is -2.01. The number of hydrazine groups is 1. The normalized spacial score (nSPS) is 11.0. The van der Waals surface area contributed by atoms with Crippen LogP contribution in [-0.2, 0) is 10.1 Å². The van der Waals surface area contributed by atoms with E-state index in [1.54, 1.807) is 0 Å². The van der Waals surface area contributed by atoms with Gasteiger partial charge in [0.2, 0.25) is 0 Å². The highest BCUT2D eigenvalue weighted by Gasteiger charge is 2.11. The molecule has 4 N–H and O–H groups in total. The topological polar surface area (TPSA) is 109 Å². The van der Waals surface area contributed by atoms with Crippen LogP contribution in [0.3, 0.4) is 0 Å². The molecule has 0 aliphatic carbocycles. The minimum Gasteiger partial charge on any atom is -0.290 e. The Morgan fingerprint density at radius 2 is 2.07 bits per heavy atom. The molecule has 76 valence electrons. The van der Waals surface area contributed by atoms with Crippen LogP contribution in [0.2, 0.25) is 0 Å². The van der Waals surface area contributed by atoms with E-state index >= 15 is 0 Å². The van der Waals surface area contributed by atoms with E-state index in [1.165, 1.54) is 18.2 Å². The van der Waals surface area contributed by atoms with Gasteiger partial charge < -0.3 is 0 Å². The van der Waals surface area contributed by atoms with Crippen LogP contribution < -0.4 is 11.3 Å². The Labute approximate surface area is 80.4 Å². The summed E-state index contributed by atoms with van der Waals surface area (Å²) in [7, 11) is -4.29. The van der Waals surface area contributed by atoms with Gasteiger partial charge in [-0.05, 0) is 18.2 Å². The molecule has 14 heavy (non-hydrogen) atoms. The lowest BCUT2D eigenvalue weighted by molar-refractivity contribution is 0.0953. The van der Waals surface area contributed by atoms with Crippen molar-refractivity contribution in [2.24, 2.45) is 5.84 Å². The van der Waals surface area contributed by atoms with Gasteiger partial charge in [-0.15, -0.1) is 0 Å². The van der Waals surface area contributed by atoms with Gasteiger partial charge in [-0.2, -0.15) is 8.42 Å². The van der Waals surface area contributed by atoms with Gasteiger partial charge in [0.1, 0.15) is 0 Å². The number of carbonyl (C=O) groups is 1.